The maximum absolute atomic E-state index is 13.0. The Hall–Kier alpha value is -3.84. The van der Waals surface area contributed by atoms with E-state index in [1.807, 2.05) is 0 Å². The molecule has 4 aromatic rings. The summed E-state index contributed by atoms with van der Waals surface area (Å²) in [6.45, 7) is 1.62. The second kappa shape index (κ2) is 8.83. The number of imidazole rings is 1. The zero-order valence-corrected chi connectivity index (χ0v) is 20.1. The summed E-state index contributed by atoms with van der Waals surface area (Å²) >= 11 is 0. The average Bonchev–Trinajstić information content (AvgIpc) is 3.44. The minimum atomic E-state index is -3.95. The van der Waals surface area contributed by atoms with Crippen LogP contribution in [0.5, 0.6) is 11.5 Å². The molecule has 0 aliphatic carbocycles. The number of sulfonamides is 1. The lowest BCUT2D eigenvalue weighted by Crippen LogP contribution is -2.13. The Kier molecular flexibility index (Phi) is 6.06. The van der Waals surface area contributed by atoms with Gasteiger partial charge in [-0.3, -0.25) is 13.8 Å². The predicted octanol–water partition coefficient (Wildman–Crippen LogP) is 2.04. The van der Waals surface area contributed by atoms with E-state index < -0.39 is 16.1 Å². The molecule has 1 atom stereocenters. The molecule has 3 N–H and O–H groups in total. The number of aliphatic hydroxyl groups excluding tert-OH is 1. The van der Waals surface area contributed by atoms with Crippen molar-refractivity contribution in [3.05, 3.63) is 42.6 Å². The van der Waals surface area contributed by atoms with Crippen molar-refractivity contribution in [3.63, 3.8) is 0 Å². The van der Waals surface area contributed by atoms with E-state index in [1.165, 1.54) is 31.3 Å². The van der Waals surface area contributed by atoms with Crippen LogP contribution in [0.15, 0.2) is 41.8 Å². The first kappa shape index (κ1) is 23.3. The average molecular weight is 488 g/mol. The van der Waals surface area contributed by atoms with Crippen molar-refractivity contribution in [1.29, 1.82) is 0 Å². The number of ether oxygens (including phenoxy) is 2. The van der Waals surface area contributed by atoms with Crippen LogP contribution in [-0.2, 0) is 17.1 Å². The molecule has 0 radical (unpaired) electrons. The number of benzene rings is 1. The Bertz CT molecular complexity index is 1460. The van der Waals surface area contributed by atoms with Gasteiger partial charge in [-0.15, -0.1) is 0 Å². The third-order valence-corrected chi connectivity index (χ3v) is 6.51. The van der Waals surface area contributed by atoms with Crippen LogP contribution >= 0.6 is 0 Å². The van der Waals surface area contributed by atoms with Gasteiger partial charge in [-0.05, 0) is 19.1 Å². The van der Waals surface area contributed by atoms with E-state index in [4.69, 9.17) is 9.47 Å². The van der Waals surface area contributed by atoms with E-state index in [0.29, 0.717) is 34.2 Å². The van der Waals surface area contributed by atoms with E-state index in [0.717, 1.165) is 0 Å². The number of aliphatic hydroxyl groups is 1. The first-order valence-corrected chi connectivity index (χ1v) is 11.7. The van der Waals surface area contributed by atoms with E-state index in [-0.39, 0.29) is 16.3 Å². The topological polar surface area (TPSA) is 145 Å². The van der Waals surface area contributed by atoms with Crippen molar-refractivity contribution >= 4 is 27.2 Å². The van der Waals surface area contributed by atoms with Gasteiger partial charge in [0.05, 0.1) is 49.8 Å². The number of rotatable bonds is 8. The number of aryl methyl sites for hydroxylation is 1. The Morgan fingerprint density at radius 3 is 2.50 bits per heavy atom. The van der Waals surface area contributed by atoms with Gasteiger partial charge in [0.2, 0.25) is 0 Å². The molecule has 4 rings (SSSR count). The maximum atomic E-state index is 13.0. The molecule has 0 bridgehead atoms. The fraction of sp³-hybridized carbons (Fsp3) is 0.286. The Morgan fingerprint density at radius 1 is 1.15 bits per heavy atom. The second-order valence-electron chi connectivity index (χ2n) is 7.49. The molecule has 13 heteroatoms. The van der Waals surface area contributed by atoms with E-state index >= 15 is 0 Å². The summed E-state index contributed by atoms with van der Waals surface area (Å²) in [4.78, 5) is 8.86. The minimum Gasteiger partial charge on any atom is -0.493 e. The number of aromatic nitrogens is 5. The number of nitrogens with one attached hydrogen (secondary N) is 2. The molecule has 0 spiro atoms. The van der Waals surface area contributed by atoms with Crippen molar-refractivity contribution in [2.75, 3.05) is 31.3 Å². The molecule has 180 valence electrons. The van der Waals surface area contributed by atoms with Gasteiger partial charge >= 0.3 is 0 Å². The molecule has 0 unspecified atom stereocenters. The number of nitrogens with zero attached hydrogens (tertiary/aromatic N) is 5. The number of hydrogen-bond acceptors (Lipinski definition) is 9. The van der Waals surface area contributed by atoms with Crippen LogP contribution < -0.4 is 19.5 Å². The van der Waals surface area contributed by atoms with Gasteiger partial charge in [-0.1, -0.05) is 0 Å². The lowest BCUT2D eigenvalue weighted by Gasteiger charge is -2.16. The van der Waals surface area contributed by atoms with Crippen molar-refractivity contribution in [2.45, 2.75) is 17.9 Å². The highest BCUT2D eigenvalue weighted by Crippen LogP contribution is 2.41. The summed E-state index contributed by atoms with van der Waals surface area (Å²) < 4.78 is 42.6. The van der Waals surface area contributed by atoms with Crippen molar-refractivity contribution in [1.82, 2.24) is 24.1 Å². The molecule has 0 aliphatic heterocycles. The first-order chi connectivity index (χ1) is 16.2. The quantitative estimate of drug-likeness (QED) is 0.340. The predicted molar refractivity (Wildman–Crippen MR) is 126 cm³/mol. The largest absolute Gasteiger partial charge is 0.493 e. The smallest absolute Gasteiger partial charge is 0.265 e. The SMILES string of the molecule is CNc1nc([C@@H](C)O)cn2c(-c3cc(NS(=O)(=O)c4cnn(C)c4)c(OC)c(OC)c3)cnc12. The highest BCUT2D eigenvalue weighted by molar-refractivity contribution is 7.92. The summed E-state index contributed by atoms with van der Waals surface area (Å²) in [5, 5.41) is 17.0. The molecule has 3 aromatic heterocycles. The normalized spacial score (nSPS) is 12.5. The Labute approximate surface area is 196 Å². The van der Waals surface area contributed by atoms with Crippen LogP contribution in [-0.4, -0.2) is 58.9 Å². The van der Waals surface area contributed by atoms with Crippen molar-refractivity contribution < 1.29 is 23.0 Å². The third-order valence-electron chi connectivity index (χ3n) is 5.19. The molecule has 34 heavy (non-hydrogen) atoms. The van der Waals surface area contributed by atoms with Crippen LogP contribution in [0.4, 0.5) is 11.5 Å². The summed E-state index contributed by atoms with van der Waals surface area (Å²) in [6.07, 6.45) is 5.15. The molecule has 3 heterocycles. The van der Waals surface area contributed by atoms with E-state index in [9.17, 15) is 13.5 Å². The fourth-order valence-electron chi connectivity index (χ4n) is 3.52. The molecule has 0 saturated heterocycles. The zero-order valence-electron chi connectivity index (χ0n) is 19.3. The van der Waals surface area contributed by atoms with Crippen LogP contribution in [0, 0.1) is 0 Å². The Balaban J connectivity index is 1.90. The van der Waals surface area contributed by atoms with Gasteiger partial charge in [-0.2, -0.15) is 5.10 Å². The first-order valence-electron chi connectivity index (χ1n) is 10.2. The van der Waals surface area contributed by atoms with Gasteiger partial charge in [-0.25, -0.2) is 18.4 Å². The zero-order chi connectivity index (χ0) is 24.6. The van der Waals surface area contributed by atoms with Crippen LogP contribution in [0.2, 0.25) is 0 Å². The van der Waals surface area contributed by atoms with Crippen LogP contribution in [0.25, 0.3) is 16.9 Å². The van der Waals surface area contributed by atoms with Gasteiger partial charge in [0.1, 0.15) is 4.90 Å². The molecular formula is C21H25N7O5S. The molecular weight excluding hydrogens is 462 g/mol. The minimum absolute atomic E-state index is 0.00235. The van der Waals surface area contributed by atoms with Crippen LogP contribution in [0.3, 0.4) is 0 Å². The van der Waals surface area contributed by atoms with Gasteiger partial charge in [0.15, 0.2) is 23.0 Å². The maximum Gasteiger partial charge on any atom is 0.265 e. The molecule has 12 nitrogen and oxygen atoms in total. The van der Waals surface area contributed by atoms with Crippen LogP contribution in [0.1, 0.15) is 18.7 Å². The van der Waals surface area contributed by atoms with Gasteiger partial charge in [0.25, 0.3) is 10.0 Å². The monoisotopic (exact) mass is 487 g/mol. The summed E-state index contributed by atoms with van der Waals surface area (Å²) in [5.41, 5.74) is 2.37. The molecule has 1 aromatic carbocycles. The van der Waals surface area contributed by atoms with Gasteiger partial charge < -0.3 is 19.9 Å². The summed E-state index contributed by atoms with van der Waals surface area (Å²) in [7, 11) is 2.28. The third kappa shape index (κ3) is 4.10. The van der Waals surface area contributed by atoms with Crippen molar-refractivity contribution in [3.8, 4) is 22.8 Å². The second-order valence-corrected chi connectivity index (χ2v) is 9.17. The van der Waals surface area contributed by atoms with Crippen molar-refractivity contribution in [2.24, 2.45) is 7.05 Å². The molecule has 0 fully saturated rings. The number of anilines is 2. The lowest BCUT2D eigenvalue weighted by atomic mass is 10.1. The Morgan fingerprint density at radius 2 is 1.91 bits per heavy atom. The number of methoxy groups -OCH3 is 2. The van der Waals surface area contributed by atoms with E-state index in [2.05, 4.69) is 25.1 Å². The number of hydrogen-bond donors (Lipinski definition) is 3. The lowest BCUT2D eigenvalue weighted by molar-refractivity contribution is 0.194. The highest BCUT2D eigenvalue weighted by atomic mass is 32.2. The molecule has 0 saturated carbocycles. The summed E-state index contributed by atoms with van der Waals surface area (Å²) in [5.74, 6) is 1.02. The molecule has 0 amide bonds. The van der Waals surface area contributed by atoms with E-state index in [1.54, 1.807) is 49.9 Å². The summed E-state index contributed by atoms with van der Waals surface area (Å²) in [6, 6.07) is 3.34. The standard InChI is InChI=1S/C21H25N7O5S/c1-12(29)16-11-28-17(9-23-21(28)20(22-2)25-16)13-6-15(19(33-5)18(7-13)32-4)26-34(30,31)14-8-24-27(3)10-14/h6-12,26,29H,1-5H3,(H,22,25)/t12-/m1/s1. The number of fused-ring (bicyclic) bond motifs is 1. The highest BCUT2D eigenvalue weighted by Gasteiger charge is 2.23. The van der Waals surface area contributed by atoms with Gasteiger partial charge in [0, 0.05) is 32.1 Å². The molecule has 0 aliphatic rings. The fourth-order valence-corrected chi connectivity index (χ4v) is 4.56.